The molecule has 0 fully saturated rings. The summed E-state index contributed by atoms with van der Waals surface area (Å²) in [5.74, 6) is 2.28. The molecule has 2 aromatic carbocycles. The molecule has 1 aromatic heterocycles. The molecule has 0 radical (unpaired) electrons. The maximum absolute atomic E-state index is 7.47. The van der Waals surface area contributed by atoms with E-state index in [4.69, 9.17) is 32.2 Å². The van der Waals surface area contributed by atoms with Gasteiger partial charge in [0.15, 0.2) is 17.3 Å². The predicted octanol–water partition coefficient (Wildman–Crippen LogP) is 3.87. The van der Waals surface area contributed by atoms with Crippen molar-refractivity contribution in [2.45, 2.75) is 6.92 Å². The molecule has 0 saturated heterocycles. The summed E-state index contributed by atoms with van der Waals surface area (Å²) in [5, 5.41) is 15.4. The maximum atomic E-state index is 7.47. The molecule has 0 amide bonds. The largest absolute Gasteiger partial charge is 0.493 e. The number of nitrogens with zero attached hydrogens (tertiary/aromatic N) is 3. The highest BCUT2D eigenvalue weighted by atomic mass is 35.5. The zero-order valence-electron chi connectivity index (χ0n) is 15.8. The average molecular weight is 401 g/mol. The van der Waals surface area contributed by atoms with Crippen LogP contribution in [0.4, 0.5) is 17.3 Å². The number of aromatic nitrogens is 3. The monoisotopic (exact) mass is 400 g/mol. The van der Waals surface area contributed by atoms with E-state index in [-0.39, 0.29) is 0 Å². The molecular formula is C19H21ClN6O2. The Morgan fingerprint density at radius 1 is 1.29 bits per heavy atom. The number of nitrogens with one attached hydrogen (secondary N) is 2. The Morgan fingerprint density at radius 3 is 2.75 bits per heavy atom. The lowest BCUT2D eigenvalue weighted by Crippen LogP contribution is -2.03. The van der Waals surface area contributed by atoms with Gasteiger partial charge in [0.2, 0.25) is 5.95 Å². The number of nitrogen functional groups attached to an aromatic ring is 1. The third kappa shape index (κ3) is 3.72. The van der Waals surface area contributed by atoms with Crippen LogP contribution in [0.1, 0.15) is 12.5 Å². The first-order chi connectivity index (χ1) is 13.5. The number of hydrogen-bond acceptors (Lipinski definition) is 7. The van der Waals surface area contributed by atoms with E-state index in [0.29, 0.717) is 51.8 Å². The summed E-state index contributed by atoms with van der Waals surface area (Å²) in [7, 11) is 3.36. The average Bonchev–Trinajstić information content (AvgIpc) is 3.05. The van der Waals surface area contributed by atoms with Crippen molar-refractivity contribution in [2.75, 3.05) is 24.8 Å². The number of methoxy groups -OCH3 is 1. The SMILES string of the molecule is CCOc1ccc(-c2nc(Nc3ccc(N)c(C=N)c3Cl)n(C)n2)cc1OC. The molecule has 3 aromatic rings. The maximum Gasteiger partial charge on any atom is 0.225 e. The van der Waals surface area contributed by atoms with Gasteiger partial charge in [-0.25, -0.2) is 4.68 Å². The standard InChI is InChI=1S/C19H21ClN6O2/c1-4-28-15-8-5-11(9-16(15)27-3)18-24-19(26(2)25-18)23-14-7-6-13(22)12(10-21)17(14)20/h5-10,21H,4,22H2,1-3H3,(H,23,24,25). The van der Waals surface area contributed by atoms with Crippen molar-refractivity contribution in [1.29, 1.82) is 5.41 Å². The Bertz CT molecular complexity index is 1020. The van der Waals surface area contributed by atoms with Crippen molar-refractivity contribution in [1.82, 2.24) is 14.8 Å². The Balaban J connectivity index is 1.93. The molecular weight excluding hydrogens is 380 g/mol. The van der Waals surface area contributed by atoms with E-state index in [9.17, 15) is 0 Å². The Labute approximate surface area is 167 Å². The molecule has 0 aliphatic heterocycles. The van der Waals surface area contributed by atoms with E-state index in [1.54, 1.807) is 31.0 Å². The predicted molar refractivity (Wildman–Crippen MR) is 111 cm³/mol. The van der Waals surface area contributed by atoms with Gasteiger partial charge in [0, 0.05) is 30.1 Å². The van der Waals surface area contributed by atoms with Crippen LogP contribution in [-0.2, 0) is 7.05 Å². The van der Waals surface area contributed by atoms with Crippen LogP contribution >= 0.6 is 11.6 Å². The van der Waals surface area contributed by atoms with Crippen LogP contribution in [0.3, 0.4) is 0 Å². The molecule has 3 rings (SSSR count). The van der Waals surface area contributed by atoms with Gasteiger partial charge in [-0.2, -0.15) is 4.98 Å². The third-order valence-corrected chi connectivity index (χ3v) is 4.50. The fourth-order valence-corrected chi connectivity index (χ4v) is 2.94. The van der Waals surface area contributed by atoms with Crippen LogP contribution in [0, 0.1) is 5.41 Å². The van der Waals surface area contributed by atoms with Crippen molar-refractivity contribution in [3.63, 3.8) is 0 Å². The zero-order chi connectivity index (χ0) is 20.3. The summed E-state index contributed by atoms with van der Waals surface area (Å²) in [4.78, 5) is 4.54. The molecule has 0 spiro atoms. The summed E-state index contributed by atoms with van der Waals surface area (Å²) in [6, 6.07) is 8.94. The fourth-order valence-electron chi connectivity index (χ4n) is 2.67. The van der Waals surface area contributed by atoms with Gasteiger partial charge >= 0.3 is 0 Å². The first-order valence-electron chi connectivity index (χ1n) is 8.56. The summed E-state index contributed by atoms with van der Waals surface area (Å²) >= 11 is 6.35. The molecule has 28 heavy (non-hydrogen) atoms. The van der Waals surface area contributed by atoms with Crippen molar-refractivity contribution >= 4 is 35.1 Å². The molecule has 9 heteroatoms. The number of halogens is 1. The van der Waals surface area contributed by atoms with Crippen LogP contribution in [0.25, 0.3) is 11.4 Å². The van der Waals surface area contributed by atoms with Gasteiger partial charge in [0.1, 0.15) is 0 Å². The Kier molecular flexibility index (Phi) is 5.70. The number of hydrogen-bond donors (Lipinski definition) is 3. The molecule has 0 saturated carbocycles. The van der Waals surface area contributed by atoms with Gasteiger partial charge in [-0.1, -0.05) is 11.6 Å². The van der Waals surface area contributed by atoms with Crippen molar-refractivity contribution in [3.05, 3.63) is 40.9 Å². The van der Waals surface area contributed by atoms with E-state index in [1.165, 1.54) is 0 Å². The highest BCUT2D eigenvalue weighted by Crippen LogP contribution is 2.33. The summed E-state index contributed by atoms with van der Waals surface area (Å²) in [5.41, 5.74) is 8.10. The molecule has 146 valence electrons. The fraction of sp³-hybridized carbons (Fsp3) is 0.211. The normalized spacial score (nSPS) is 10.6. The van der Waals surface area contributed by atoms with E-state index < -0.39 is 0 Å². The highest BCUT2D eigenvalue weighted by molar-refractivity contribution is 6.36. The lowest BCUT2D eigenvalue weighted by atomic mass is 10.1. The molecule has 8 nitrogen and oxygen atoms in total. The third-order valence-electron chi connectivity index (χ3n) is 4.09. The zero-order valence-corrected chi connectivity index (χ0v) is 16.5. The molecule has 0 atom stereocenters. The van der Waals surface area contributed by atoms with Crippen LogP contribution in [0.5, 0.6) is 11.5 Å². The second-order valence-electron chi connectivity index (χ2n) is 5.88. The number of benzene rings is 2. The number of aryl methyl sites for hydroxylation is 1. The number of anilines is 3. The minimum atomic E-state index is 0.349. The molecule has 0 aliphatic carbocycles. The van der Waals surface area contributed by atoms with E-state index in [2.05, 4.69) is 15.4 Å². The second kappa shape index (κ2) is 8.18. The van der Waals surface area contributed by atoms with Gasteiger partial charge in [-0.15, -0.1) is 5.10 Å². The van der Waals surface area contributed by atoms with Gasteiger partial charge in [-0.05, 0) is 37.3 Å². The topological polar surface area (TPSA) is 111 Å². The first-order valence-corrected chi connectivity index (χ1v) is 8.94. The van der Waals surface area contributed by atoms with Crippen LogP contribution in [-0.4, -0.2) is 34.7 Å². The smallest absolute Gasteiger partial charge is 0.225 e. The second-order valence-corrected chi connectivity index (χ2v) is 6.26. The van der Waals surface area contributed by atoms with Crippen molar-refractivity contribution in [2.24, 2.45) is 7.05 Å². The summed E-state index contributed by atoms with van der Waals surface area (Å²) in [6.07, 6.45) is 1.12. The first kappa shape index (κ1) is 19.5. The Hall–Kier alpha value is -3.26. The van der Waals surface area contributed by atoms with Gasteiger partial charge in [0.05, 0.1) is 24.4 Å². The molecule has 4 N–H and O–H groups in total. The minimum absolute atomic E-state index is 0.349. The van der Waals surface area contributed by atoms with Crippen LogP contribution in [0.15, 0.2) is 30.3 Å². The van der Waals surface area contributed by atoms with E-state index in [0.717, 1.165) is 11.8 Å². The van der Waals surface area contributed by atoms with Gasteiger partial charge < -0.3 is 25.9 Å². The van der Waals surface area contributed by atoms with Gasteiger partial charge in [0.25, 0.3) is 0 Å². The molecule has 1 heterocycles. The molecule has 0 unspecified atom stereocenters. The number of nitrogens with two attached hydrogens (primary N) is 1. The number of ether oxygens (including phenoxy) is 2. The molecule has 0 aliphatic rings. The van der Waals surface area contributed by atoms with Crippen molar-refractivity contribution in [3.8, 4) is 22.9 Å². The summed E-state index contributed by atoms with van der Waals surface area (Å²) < 4.78 is 12.5. The quantitative estimate of drug-likeness (QED) is 0.410. The molecule has 0 bridgehead atoms. The van der Waals surface area contributed by atoms with E-state index >= 15 is 0 Å². The van der Waals surface area contributed by atoms with Crippen molar-refractivity contribution < 1.29 is 9.47 Å². The number of rotatable bonds is 7. The minimum Gasteiger partial charge on any atom is -0.493 e. The lowest BCUT2D eigenvalue weighted by Gasteiger charge is -2.10. The van der Waals surface area contributed by atoms with Gasteiger partial charge in [-0.3, -0.25) is 0 Å². The lowest BCUT2D eigenvalue weighted by molar-refractivity contribution is 0.311. The van der Waals surface area contributed by atoms with E-state index in [1.807, 2.05) is 25.1 Å². The van der Waals surface area contributed by atoms with Crippen LogP contribution in [0.2, 0.25) is 5.02 Å². The van der Waals surface area contributed by atoms with Crippen LogP contribution < -0.4 is 20.5 Å². The summed E-state index contributed by atoms with van der Waals surface area (Å²) in [6.45, 7) is 2.46. The highest BCUT2D eigenvalue weighted by Gasteiger charge is 2.15. The Morgan fingerprint density at radius 2 is 2.07 bits per heavy atom.